The van der Waals surface area contributed by atoms with E-state index in [-0.39, 0.29) is 5.82 Å². The van der Waals surface area contributed by atoms with E-state index in [0.29, 0.717) is 6.04 Å². The lowest BCUT2D eigenvalue weighted by molar-refractivity contribution is -0.124. The minimum absolute atomic E-state index is 0.222. The maximum absolute atomic E-state index is 13.4. The van der Waals surface area contributed by atoms with Crippen LogP contribution in [0.2, 0.25) is 0 Å². The number of amides is 1. The molecule has 1 unspecified atom stereocenters. The molecule has 0 saturated heterocycles. The summed E-state index contributed by atoms with van der Waals surface area (Å²) in [4.78, 5) is 16.9. The van der Waals surface area contributed by atoms with Gasteiger partial charge in [0, 0.05) is 35.8 Å². The van der Waals surface area contributed by atoms with Crippen molar-refractivity contribution in [2.75, 3.05) is 13.1 Å². The highest BCUT2D eigenvalue weighted by Gasteiger charge is 2.27. The SMILES string of the molecule is CCN(CCc1c[nH]c2cc(F)ccc12)C1CCc2cc(C=CC(=O)NO)ccc21. The van der Waals surface area contributed by atoms with Crippen molar-refractivity contribution < 1.29 is 14.4 Å². The Kier molecular flexibility index (Phi) is 5.97. The number of hydrogen-bond donors (Lipinski definition) is 3. The van der Waals surface area contributed by atoms with E-state index in [1.807, 2.05) is 18.3 Å². The number of aromatic amines is 1. The van der Waals surface area contributed by atoms with Crippen LogP contribution < -0.4 is 5.48 Å². The summed E-state index contributed by atoms with van der Waals surface area (Å²) in [5, 5.41) is 9.69. The van der Waals surface area contributed by atoms with Crippen molar-refractivity contribution in [1.29, 1.82) is 0 Å². The van der Waals surface area contributed by atoms with Crippen molar-refractivity contribution >= 4 is 22.9 Å². The number of benzene rings is 2. The molecule has 3 N–H and O–H groups in total. The van der Waals surface area contributed by atoms with Crippen molar-refractivity contribution in [2.45, 2.75) is 32.2 Å². The zero-order valence-electron chi connectivity index (χ0n) is 17.0. The molecule has 2 aromatic carbocycles. The zero-order valence-corrected chi connectivity index (χ0v) is 17.0. The maximum atomic E-state index is 13.4. The Labute approximate surface area is 175 Å². The van der Waals surface area contributed by atoms with Crippen LogP contribution in [0, 0.1) is 5.82 Å². The number of fused-ring (bicyclic) bond motifs is 2. The Morgan fingerprint density at radius 1 is 1.33 bits per heavy atom. The van der Waals surface area contributed by atoms with E-state index in [9.17, 15) is 9.18 Å². The molecule has 6 heteroatoms. The van der Waals surface area contributed by atoms with Crippen LogP contribution in [0.5, 0.6) is 0 Å². The highest BCUT2D eigenvalue weighted by atomic mass is 19.1. The number of likely N-dealkylation sites (N-methyl/N-ethyl adjacent to an activating group) is 1. The minimum Gasteiger partial charge on any atom is -0.361 e. The van der Waals surface area contributed by atoms with Crippen molar-refractivity contribution in [3.8, 4) is 0 Å². The molecular weight excluding hydrogens is 381 g/mol. The van der Waals surface area contributed by atoms with Crippen LogP contribution in [0.1, 0.15) is 41.6 Å². The van der Waals surface area contributed by atoms with E-state index in [2.05, 4.69) is 28.9 Å². The number of halogens is 1. The third-order valence-electron chi connectivity index (χ3n) is 6.00. The first-order chi connectivity index (χ1) is 14.6. The highest BCUT2D eigenvalue weighted by molar-refractivity contribution is 5.90. The lowest BCUT2D eigenvalue weighted by atomic mass is 10.0. The number of aromatic nitrogens is 1. The van der Waals surface area contributed by atoms with Gasteiger partial charge in [-0.15, -0.1) is 0 Å². The standard InChI is InChI=1S/C24H26FN3O2/c1-2-28(12-11-18-15-26-22-14-19(25)6-8-20(18)22)23-9-5-17-13-16(3-7-21(17)23)4-10-24(29)27-30/h3-4,6-8,10,13-15,23,26,30H,2,5,9,11-12H2,1H3,(H,27,29). The van der Waals surface area contributed by atoms with Crippen molar-refractivity contribution in [2.24, 2.45) is 0 Å². The number of nitrogens with zero attached hydrogens (tertiary/aromatic N) is 1. The van der Waals surface area contributed by atoms with Gasteiger partial charge >= 0.3 is 0 Å². The Bertz CT molecular complexity index is 1090. The predicted molar refractivity (Wildman–Crippen MR) is 116 cm³/mol. The fraction of sp³-hybridized carbons (Fsp3) is 0.292. The van der Waals surface area contributed by atoms with Crippen LogP contribution in [-0.4, -0.2) is 34.1 Å². The Morgan fingerprint density at radius 2 is 2.20 bits per heavy atom. The van der Waals surface area contributed by atoms with Crippen LogP contribution >= 0.6 is 0 Å². The molecule has 0 spiro atoms. The van der Waals surface area contributed by atoms with Gasteiger partial charge in [0.2, 0.25) is 0 Å². The average molecular weight is 407 g/mol. The number of hydrogen-bond acceptors (Lipinski definition) is 3. The van der Waals surface area contributed by atoms with Gasteiger partial charge in [0.05, 0.1) is 0 Å². The van der Waals surface area contributed by atoms with Crippen LogP contribution in [0.4, 0.5) is 4.39 Å². The van der Waals surface area contributed by atoms with Crippen molar-refractivity contribution in [3.05, 3.63) is 76.7 Å². The molecule has 30 heavy (non-hydrogen) atoms. The van der Waals surface area contributed by atoms with Gasteiger partial charge in [-0.2, -0.15) is 0 Å². The normalized spacial score (nSPS) is 15.9. The summed E-state index contributed by atoms with van der Waals surface area (Å²) in [6.45, 7) is 4.08. The lowest BCUT2D eigenvalue weighted by Crippen LogP contribution is -2.29. The summed E-state index contributed by atoms with van der Waals surface area (Å²) in [7, 11) is 0. The van der Waals surface area contributed by atoms with Crippen LogP contribution in [-0.2, 0) is 17.6 Å². The van der Waals surface area contributed by atoms with Crippen LogP contribution in [0.3, 0.4) is 0 Å². The largest absolute Gasteiger partial charge is 0.361 e. The molecule has 4 rings (SSSR count). The number of hydroxylamine groups is 1. The van der Waals surface area contributed by atoms with Crippen molar-refractivity contribution in [3.63, 3.8) is 0 Å². The lowest BCUT2D eigenvalue weighted by Gasteiger charge is -2.28. The molecule has 1 atom stereocenters. The number of rotatable bonds is 7. The fourth-order valence-electron chi connectivity index (χ4n) is 4.47. The number of aryl methyl sites for hydroxylation is 1. The Hall–Kier alpha value is -2.96. The van der Waals surface area contributed by atoms with Gasteiger partial charge in [0.15, 0.2) is 0 Å². The molecule has 156 valence electrons. The summed E-state index contributed by atoms with van der Waals surface area (Å²) >= 11 is 0. The van der Waals surface area contributed by atoms with Gasteiger partial charge in [0.25, 0.3) is 5.91 Å². The number of H-pyrrole nitrogens is 1. The molecular formula is C24H26FN3O2. The first-order valence-corrected chi connectivity index (χ1v) is 10.3. The van der Waals surface area contributed by atoms with Gasteiger partial charge in [-0.3, -0.25) is 14.9 Å². The average Bonchev–Trinajstić information content (AvgIpc) is 3.36. The topological polar surface area (TPSA) is 68.4 Å². The van der Waals surface area contributed by atoms with Gasteiger partial charge < -0.3 is 4.98 Å². The summed E-state index contributed by atoms with van der Waals surface area (Å²) in [6, 6.07) is 11.6. The zero-order chi connectivity index (χ0) is 21.1. The monoisotopic (exact) mass is 407 g/mol. The number of carbonyl (C=O) groups is 1. The molecule has 1 aliphatic carbocycles. The summed E-state index contributed by atoms with van der Waals surface area (Å²) in [6.07, 6.45) is 8.00. The first-order valence-electron chi connectivity index (χ1n) is 10.3. The molecule has 0 bridgehead atoms. The smallest absolute Gasteiger partial charge is 0.267 e. The maximum Gasteiger partial charge on any atom is 0.267 e. The third-order valence-corrected chi connectivity index (χ3v) is 6.00. The molecule has 0 fully saturated rings. The van der Waals surface area contributed by atoms with Crippen LogP contribution in [0.25, 0.3) is 17.0 Å². The van der Waals surface area contributed by atoms with E-state index in [4.69, 9.17) is 5.21 Å². The van der Waals surface area contributed by atoms with E-state index >= 15 is 0 Å². The summed E-state index contributed by atoms with van der Waals surface area (Å²) in [5.74, 6) is -0.759. The quantitative estimate of drug-likeness (QED) is 0.309. The molecule has 1 heterocycles. The van der Waals surface area contributed by atoms with Crippen molar-refractivity contribution in [1.82, 2.24) is 15.4 Å². The molecule has 5 nitrogen and oxygen atoms in total. The first kappa shape index (κ1) is 20.3. The fourth-order valence-corrected chi connectivity index (χ4v) is 4.47. The molecule has 1 aromatic heterocycles. The second-order valence-electron chi connectivity index (χ2n) is 7.70. The summed E-state index contributed by atoms with van der Waals surface area (Å²) < 4.78 is 13.4. The van der Waals surface area contributed by atoms with Crippen LogP contribution in [0.15, 0.2) is 48.7 Å². The molecule has 1 aliphatic rings. The second kappa shape index (κ2) is 8.81. The van der Waals surface area contributed by atoms with E-state index in [1.54, 1.807) is 17.6 Å². The Morgan fingerprint density at radius 3 is 3.00 bits per heavy atom. The van der Waals surface area contributed by atoms with Gasteiger partial charge in [-0.05, 0) is 72.3 Å². The molecule has 3 aromatic rings. The molecule has 0 saturated carbocycles. The van der Waals surface area contributed by atoms with E-state index < -0.39 is 5.91 Å². The highest BCUT2D eigenvalue weighted by Crippen LogP contribution is 2.36. The number of nitrogens with one attached hydrogen (secondary N) is 2. The molecule has 0 aliphatic heterocycles. The molecule has 1 amide bonds. The van der Waals surface area contributed by atoms with E-state index in [1.165, 1.54) is 28.8 Å². The number of carbonyl (C=O) groups excluding carboxylic acids is 1. The molecule has 0 radical (unpaired) electrons. The Balaban J connectivity index is 1.47. The summed E-state index contributed by atoms with van der Waals surface area (Å²) in [5.41, 5.74) is 7.27. The minimum atomic E-state index is -0.537. The van der Waals surface area contributed by atoms with E-state index in [0.717, 1.165) is 48.8 Å². The van der Waals surface area contributed by atoms with Gasteiger partial charge in [0.1, 0.15) is 5.82 Å². The second-order valence-corrected chi connectivity index (χ2v) is 7.70. The van der Waals surface area contributed by atoms with Gasteiger partial charge in [-0.1, -0.05) is 25.1 Å². The predicted octanol–water partition coefficient (Wildman–Crippen LogP) is 4.38. The third kappa shape index (κ3) is 4.15. The van der Waals surface area contributed by atoms with Gasteiger partial charge in [-0.25, -0.2) is 9.87 Å².